The van der Waals surface area contributed by atoms with E-state index < -0.39 is 5.91 Å². The smallest absolute Gasteiger partial charge is 0.291 e. The summed E-state index contributed by atoms with van der Waals surface area (Å²) in [7, 11) is 0. The lowest BCUT2D eigenvalue weighted by molar-refractivity contribution is 0.0993. The van der Waals surface area contributed by atoms with E-state index in [9.17, 15) is 4.79 Å². The number of halogens is 2. The van der Waals surface area contributed by atoms with Gasteiger partial charge in [-0.05, 0) is 43.1 Å². The van der Waals surface area contributed by atoms with E-state index in [4.69, 9.17) is 45.6 Å². The van der Waals surface area contributed by atoms with Gasteiger partial charge in [-0.2, -0.15) is 5.10 Å². The molecule has 0 bridgehead atoms. The molecule has 28 heavy (non-hydrogen) atoms. The van der Waals surface area contributed by atoms with Crippen LogP contribution >= 0.6 is 35.4 Å². The monoisotopic (exact) mass is 438 g/mol. The van der Waals surface area contributed by atoms with Crippen LogP contribution in [0.3, 0.4) is 0 Å². The number of nitrogens with one attached hydrogen (secondary N) is 2. The molecule has 1 aliphatic carbocycles. The van der Waals surface area contributed by atoms with Crippen molar-refractivity contribution in [2.75, 3.05) is 5.32 Å². The van der Waals surface area contributed by atoms with E-state index in [2.05, 4.69) is 29.7 Å². The highest BCUT2D eigenvalue weighted by molar-refractivity contribution is 7.80. The Bertz CT molecular complexity index is 978. The number of amides is 1. The minimum absolute atomic E-state index is 0.0740. The summed E-state index contributed by atoms with van der Waals surface area (Å²) < 4.78 is 5.95. The number of anilines is 1. The zero-order valence-electron chi connectivity index (χ0n) is 15.7. The van der Waals surface area contributed by atoms with E-state index in [1.165, 1.54) is 0 Å². The van der Waals surface area contributed by atoms with Crippen molar-refractivity contribution in [3.8, 4) is 0 Å². The maximum absolute atomic E-state index is 12.9. The summed E-state index contributed by atoms with van der Waals surface area (Å²) in [6.45, 7) is 6.03. The highest BCUT2D eigenvalue weighted by atomic mass is 35.5. The van der Waals surface area contributed by atoms with E-state index in [1.807, 2.05) is 6.92 Å². The van der Waals surface area contributed by atoms with Gasteiger partial charge in [0.1, 0.15) is 5.76 Å². The highest BCUT2D eigenvalue weighted by Gasteiger charge is 2.36. The Morgan fingerprint density at radius 2 is 1.93 bits per heavy atom. The SMILES string of the molecule is Cc1c(C(=O)Nc2c(Cl)cccc2Cl)oc2c1/C(=N\NC(N)=S)CC(C)(C)C2. The summed E-state index contributed by atoms with van der Waals surface area (Å²) >= 11 is 17.1. The number of hydrazone groups is 1. The van der Waals surface area contributed by atoms with Gasteiger partial charge in [-0.25, -0.2) is 0 Å². The van der Waals surface area contributed by atoms with E-state index in [0.29, 0.717) is 39.9 Å². The van der Waals surface area contributed by atoms with Gasteiger partial charge >= 0.3 is 0 Å². The molecule has 6 nitrogen and oxygen atoms in total. The fraction of sp³-hybridized carbons (Fsp3) is 0.316. The van der Waals surface area contributed by atoms with Gasteiger partial charge in [-0.3, -0.25) is 10.2 Å². The molecule has 0 aliphatic heterocycles. The molecule has 1 heterocycles. The number of hydrogen-bond donors (Lipinski definition) is 3. The number of hydrogen-bond acceptors (Lipinski definition) is 4. The van der Waals surface area contributed by atoms with Gasteiger partial charge in [0.15, 0.2) is 10.9 Å². The molecule has 1 aliphatic rings. The molecular formula is C19H20Cl2N4O2S. The Morgan fingerprint density at radius 1 is 1.29 bits per heavy atom. The second-order valence-electron chi connectivity index (χ2n) is 7.46. The topological polar surface area (TPSA) is 92.6 Å². The average molecular weight is 439 g/mol. The maximum Gasteiger partial charge on any atom is 0.291 e. The Labute approximate surface area is 178 Å². The van der Waals surface area contributed by atoms with Gasteiger partial charge in [0, 0.05) is 17.5 Å². The summed E-state index contributed by atoms with van der Waals surface area (Å²) in [5, 5.41) is 7.84. The second kappa shape index (κ2) is 7.73. The third-order valence-corrected chi connectivity index (χ3v) is 5.22. The van der Waals surface area contributed by atoms with Crippen molar-refractivity contribution in [1.82, 2.24) is 5.43 Å². The van der Waals surface area contributed by atoms with Gasteiger partial charge in [0.25, 0.3) is 5.91 Å². The molecule has 2 aromatic rings. The number of furan rings is 1. The van der Waals surface area contributed by atoms with Crippen LogP contribution in [0.1, 0.15) is 47.7 Å². The Balaban J connectivity index is 2.00. The lowest BCUT2D eigenvalue weighted by atomic mass is 9.75. The van der Waals surface area contributed by atoms with Gasteiger partial charge < -0.3 is 15.5 Å². The number of rotatable bonds is 3. The van der Waals surface area contributed by atoms with Crippen LogP contribution in [0.5, 0.6) is 0 Å². The van der Waals surface area contributed by atoms with Crippen molar-refractivity contribution < 1.29 is 9.21 Å². The first-order valence-electron chi connectivity index (χ1n) is 8.59. The van der Waals surface area contributed by atoms with Gasteiger partial charge in [0.05, 0.1) is 21.4 Å². The lowest BCUT2D eigenvalue weighted by Crippen LogP contribution is -2.31. The van der Waals surface area contributed by atoms with Crippen LogP contribution in [0.25, 0.3) is 0 Å². The molecule has 0 atom stereocenters. The van der Waals surface area contributed by atoms with Gasteiger partial charge in [-0.1, -0.05) is 43.1 Å². The van der Waals surface area contributed by atoms with Crippen molar-refractivity contribution in [1.29, 1.82) is 0 Å². The van der Waals surface area contributed by atoms with Crippen molar-refractivity contribution in [2.24, 2.45) is 16.3 Å². The Kier molecular flexibility index (Phi) is 5.70. The molecule has 0 fully saturated rings. The van der Waals surface area contributed by atoms with E-state index >= 15 is 0 Å². The predicted octanol–water partition coefficient (Wildman–Crippen LogP) is 4.66. The summed E-state index contributed by atoms with van der Waals surface area (Å²) in [4.78, 5) is 12.9. The van der Waals surface area contributed by atoms with Crippen LogP contribution in [0, 0.1) is 12.3 Å². The van der Waals surface area contributed by atoms with Crippen LogP contribution in [-0.2, 0) is 6.42 Å². The molecule has 9 heteroatoms. The van der Waals surface area contributed by atoms with E-state index in [1.54, 1.807) is 18.2 Å². The standard InChI is InChI=1S/C19H20Cl2N4O2S/c1-9-14-12(24-25-18(22)28)7-19(2,3)8-13(14)27-16(9)17(26)23-15-10(20)5-4-6-11(15)21/h4-6H,7-8H2,1-3H3,(H,23,26)(H3,22,25,28)/b24-12-. The molecule has 0 spiro atoms. The number of fused-ring (bicyclic) bond motifs is 1. The van der Waals surface area contributed by atoms with Crippen LogP contribution in [0.2, 0.25) is 10.0 Å². The van der Waals surface area contributed by atoms with Gasteiger partial charge in [0.2, 0.25) is 0 Å². The average Bonchev–Trinajstić information content (AvgIpc) is 2.91. The molecule has 0 saturated carbocycles. The van der Waals surface area contributed by atoms with Crippen LogP contribution in [0.4, 0.5) is 5.69 Å². The molecule has 0 unspecified atom stereocenters. The molecule has 1 amide bonds. The third-order valence-electron chi connectivity index (χ3n) is 4.50. The minimum Gasteiger partial charge on any atom is -0.455 e. The van der Waals surface area contributed by atoms with Crippen LogP contribution in [-0.4, -0.2) is 16.7 Å². The van der Waals surface area contributed by atoms with Crippen molar-refractivity contribution in [3.05, 3.63) is 50.9 Å². The minimum atomic E-state index is -0.429. The summed E-state index contributed by atoms with van der Waals surface area (Å²) in [6, 6.07) is 5.01. The first kappa shape index (κ1) is 20.6. The second-order valence-corrected chi connectivity index (χ2v) is 8.71. The Hall–Kier alpha value is -2.09. The summed E-state index contributed by atoms with van der Waals surface area (Å²) in [5.41, 5.74) is 10.6. The maximum atomic E-state index is 12.9. The number of para-hydroxylation sites is 1. The van der Waals surface area contributed by atoms with Crippen molar-refractivity contribution >= 4 is 57.8 Å². The zero-order chi connectivity index (χ0) is 20.6. The lowest BCUT2D eigenvalue weighted by Gasteiger charge is -2.29. The third kappa shape index (κ3) is 4.16. The zero-order valence-corrected chi connectivity index (χ0v) is 18.0. The highest BCUT2D eigenvalue weighted by Crippen LogP contribution is 2.39. The number of carbonyl (C=O) groups is 1. The van der Waals surface area contributed by atoms with Crippen LogP contribution in [0.15, 0.2) is 27.7 Å². The van der Waals surface area contributed by atoms with Crippen LogP contribution < -0.4 is 16.5 Å². The molecule has 1 aromatic carbocycles. The van der Waals surface area contributed by atoms with Crippen molar-refractivity contribution in [3.63, 3.8) is 0 Å². The first-order chi connectivity index (χ1) is 13.1. The van der Waals surface area contributed by atoms with Crippen molar-refractivity contribution in [2.45, 2.75) is 33.6 Å². The number of nitrogens with two attached hydrogens (primary N) is 1. The number of carbonyl (C=O) groups excluding carboxylic acids is 1. The molecule has 4 N–H and O–H groups in total. The fourth-order valence-corrected chi connectivity index (χ4v) is 3.87. The van der Waals surface area contributed by atoms with Gasteiger partial charge in [-0.15, -0.1) is 0 Å². The molecule has 148 valence electrons. The van der Waals surface area contributed by atoms with E-state index in [-0.39, 0.29) is 16.3 Å². The molecule has 1 aromatic heterocycles. The van der Waals surface area contributed by atoms with E-state index in [0.717, 1.165) is 11.3 Å². The predicted molar refractivity (Wildman–Crippen MR) is 116 cm³/mol. The Morgan fingerprint density at radius 3 is 2.54 bits per heavy atom. The summed E-state index contributed by atoms with van der Waals surface area (Å²) in [6.07, 6.45) is 1.36. The number of benzene rings is 1. The normalized spacial score (nSPS) is 16.5. The number of nitrogens with zero attached hydrogens (tertiary/aromatic N) is 1. The molecule has 0 saturated heterocycles. The fourth-order valence-electron chi connectivity index (χ4n) is 3.34. The first-order valence-corrected chi connectivity index (χ1v) is 9.75. The molecule has 0 radical (unpaired) electrons. The largest absolute Gasteiger partial charge is 0.455 e. The molecule has 3 rings (SSSR count). The quantitative estimate of drug-likeness (QED) is 0.478. The molecular weight excluding hydrogens is 419 g/mol. The number of thiocarbonyl (C=S) groups is 1. The summed E-state index contributed by atoms with van der Waals surface area (Å²) in [5.74, 6) is 0.468.